The Morgan fingerprint density at radius 3 is 1.61 bits per heavy atom. The van der Waals surface area contributed by atoms with E-state index < -0.39 is 39.6 Å². The molecular formula is C39H40N2O7S. The topological polar surface area (TPSA) is 107 Å². The van der Waals surface area contributed by atoms with E-state index in [1.807, 2.05) is 121 Å². The lowest BCUT2D eigenvalue weighted by Crippen LogP contribution is -2.74. The second-order valence-electron chi connectivity index (χ2n) is 11.9. The van der Waals surface area contributed by atoms with Gasteiger partial charge in [-0.2, -0.15) is 5.06 Å². The molecular weight excluding hydrogens is 641 g/mol. The quantitative estimate of drug-likeness (QED) is 0.138. The zero-order chi connectivity index (χ0) is 33.9. The van der Waals surface area contributed by atoms with Gasteiger partial charge in [0.05, 0.1) is 39.6 Å². The molecule has 6 rings (SSSR count). The number of hydroxylamine groups is 2. The SMILES string of the molecule is O=S(=O)(c1ccccn1)[C@@]1(COCc2ccccc2)[C@@H](OCc2ccccc2)[C@H](OCc2ccccc2)[C@@H](OCc2ccccc2)CN1O. The van der Waals surface area contributed by atoms with E-state index in [9.17, 15) is 13.6 Å². The van der Waals surface area contributed by atoms with Crippen molar-refractivity contribution in [1.82, 2.24) is 10.0 Å². The number of pyridine rings is 1. The van der Waals surface area contributed by atoms with Gasteiger partial charge in [-0.15, -0.1) is 0 Å². The van der Waals surface area contributed by atoms with E-state index in [2.05, 4.69) is 4.98 Å². The number of ether oxygens (including phenoxy) is 4. The van der Waals surface area contributed by atoms with Gasteiger partial charge in [0.25, 0.3) is 0 Å². The van der Waals surface area contributed by atoms with E-state index in [0.29, 0.717) is 0 Å². The molecule has 0 unspecified atom stereocenters. The van der Waals surface area contributed by atoms with Gasteiger partial charge in [0.1, 0.15) is 18.3 Å². The highest BCUT2D eigenvalue weighted by molar-refractivity contribution is 7.92. The van der Waals surface area contributed by atoms with Crippen LogP contribution in [-0.2, 0) is 55.2 Å². The molecule has 0 bridgehead atoms. The zero-order valence-corrected chi connectivity index (χ0v) is 27.8. The number of hydrogen-bond acceptors (Lipinski definition) is 9. The number of aromatic nitrogens is 1. The summed E-state index contributed by atoms with van der Waals surface area (Å²) in [5.74, 6) is 0. The molecule has 1 saturated heterocycles. The molecule has 10 heteroatoms. The maximum absolute atomic E-state index is 15.0. The van der Waals surface area contributed by atoms with Gasteiger partial charge in [-0.25, -0.2) is 13.4 Å². The summed E-state index contributed by atoms with van der Waals surface area (Å²) in [6.45, 7) is -0.166. The Labute approximate surface area is 287 Å². The van der Waals surface area contributed by atoms with Crippen LogP contribution >= 0.6 is 0 Å². The first kappa shape index (κ1) is 34.6. The van der Waals surface area contributed by atoms with Crippen LogP contribution in [0.4, 0.5) is 0 Å². The highest BCUT2D eigenvalue weighted by atomic mass is 32.2. The summed E-state index contributed by atoms with van der Waals surface area (Å²) in [7, 11) is -4.51. The van der Waals surface area contributed by atoms with Gasteiger partial charge in [0.15, 0.2) is 5.03 Å². The van der Waals surface area contributed by atoms with Crippen LogP contribution in [0.1, 0.15) is 22.3 Å². The number of rotatable bonds is 15. The second kappa shape index (κ2) is 16.4. The van der Waals surface area contributed by atoms with Crippen molar-refractivity contribution in [3.05, 3.63) is 168 Å². The first-order valence-corrected chi connectivity index (χ1v) is 17.7. The molecule has 0 amide bonds. The lowest BCUT2D eigenvalue weighted by atomic mass is 9.94. The third-order valence-electron chi connectivity index (χ3n) is 8.56. The summed E-state index contributed by atoms with van der Waals surface area (Å²) in [4.78, 5) is 2.05. The molecule has 1 N–H and O–H groups in total. The van der Waals surface area contributed by atoms with Gasteiger partial charge in [0, 0.05) is 6.20 Å². The van der Waals surface area contributed by atoms with Crippen molar-refractivity contribution < 1.29 is 32.6 Å². The first-order valence-electron chi connectivity index (χ1n) is 16.2. The summed E-state index contributed by atoms with van der Waals surface area (Å²) >= 11 is 0. The Bertz CT molecular complexity index is 1820. The average Bonchev–Trinajstić information content (AvgIpc) is 3.15. The third kappa shape index (κ3) is 8.14. The Morgan fingerprint density at radius 2 is 1.10 bits per heavy atom. The molecule has 1 fully saturated rings. The molecule has 49 heavy (non-hydrogen) atoms. The van der Waals surface area contributed by atoms with Gasteiger partial charge >= 0.3 is 0 Å². The minimum atomic E-state index is -4.51. The lowest BCUT2D eigenvalue weighted by molar-refractivity contribution is -0.286. The largest absolute Gasteiger partial charge is 0.374 e. The molecule has 4 aromatic carbocycles. The van der Waals surface area contributed by atoms with Gasteiger partial charge in [-0.3, -0.25) is 0 Å². The first-order chi connectivity index (χ1) is 24.0. The summed E-state index contributed by atoms with van der Waals surface area (Å²) in [5, 5.41) is 12.7. The molecule has 4 atom stereocenters. The number of piperidine rings is 1. The van der Waals surface area contributed by atoms with Crippen LogP contribution < -0.4 is 0 Å². The third-order valence-corrected chi connectivity index (χ3v) is 10.8. The molecule has 1 aliphatic heterocycles. The fraction of sp³-hybridized carbons (Fsp3) is 0.256. The predicted molar refractivity (Wildman–Crippen MR) is 184 cm³/mol. The van der Waals surface area contributed by atoms with Crippen LogP contribution in [0.2, 0.25) is 0 Å². The molecule has 2 heterocycles. The summed E-state index contributed by atoms with van der Waals surface area (Å²) in [6, 6.07) is 42.8. The molecule has 254 valence electrons. The van der Waals surface area contributed by atoms with Crippen molar-refractivity contribution in [2.24, 2.45) is 0 Å². The number of benzene rings is 4. The van der Waals surface area contributed by atoms with Gasteiger partial charge in [-0.1, -0.05) is 127 Å². The van der Waals surface area contributed by atoms with Crippen molar-refractivity contribution >= 4 is 9.84 Å². The molecule has 0 aliphatic carbocycles. The zero-order valence-electron chi connectivity index (χ0n) is 27.0. The Balaban J connectivity index is 1.44. The minimum absolute atomic E-state index is 0.0358. The van der Waals surface area contributed by atoms with Crippen molar-refractivity contribution in [3.63, 3.8) is 0 Å². The Kier molecular flexibility index (Phi) is 11.6. The summed E-state index contributed by atoms with van der Waals surface area (Å²) in [6.07, 6.45) is -1.66. The summed E-state index contributed by atoms with van der Waals surface area (Å²) in [5.41, 5.74) is 3.46. The van der Waals surface area contributed by atoms with Crippen molar-refractivity contribution in [2.75, 3.05) is 13.2 Å². The monoisotopic (exact) mass is 680 g/mol. The standard InChI is InChI=1S/C39H40N2O7S/c42-41-25-35(46-27-32-17-7-2-8-18-32)37(47-28-33-19-9-3-10-20-33)38(48-29-34-21-11-4-12-22-34)39(41,30-45-26-31-15-5-1-6-16-31)49(43,44)36-23-13-14-24-40-36/h1-24,35,37-38,42H,25-30H2/t35-,37+,38-,39-/m0/s1. The highest BCUT2D eigenvalue weighted by Gasteiger charge is 2.64. The fourth-order valence-electron chi connectivity index (χ4n) is 6.00. The highest BCUT2D eigenvalue weighted by Crippen LogP contribution is 2.41. The molecule has 1 aromatic heterocycles. The van der Waals surface area contributed by atoms with Gasteiger partial charge in [-0.05, 0) is 34.4 Å². The van der Waals surface area contributed by atoms with E-state index in [1.54, 1.807) is 12.1 Å². The fourth-order valence-corrected chi connectivity index (χ4v) is 7.92. The summed E-state index contributed by atoms with van der Waals surface area (Å²) < 4.78 is 55.9. The predicted octanol–water partition coefficient (Wildman–Crippen LogP) is 6.23. The number of hydrogen-bond donors (Lipinski definition) is 1. The van der Waals surface area contributed by atoms with Crippen LogP contribution in [0.5, 0.6) is 0 Å². The Morgan fingerprint density at radius 1 is 0.633 bits per heavy atom. The van der Waals surface area contributed by atoms with E-state index in [0.717, 1.165) is 27.3 Å². The van der Waals surface area contributed by atoms with Crippen LogP contribution in [0.25, 0.3) is 0 Å². The molecule has 9 nitrogen and oxygen atoms in total. The number of nitrogens with zero attached hydrogens (tertiary/aromatic N) is 2. The number of sulfone groups is 1. The maximum atomic E-state index is 15.0. The molecule has 0 spiro atoms. The second-order valence-corrected chi connectivity index (χ2v) is 14.0. The molecule has 0 saturated carbocycles. The normalized spacial score (nSPS) is 21.4. The molecule has 0 radical (unpaired) electrons. The van der Waals surface area contributed by atoms with Crippen molar-refractivity contribution in [1.29, 1.82) is 0 Å². The average molecular weight is 681 g/mol. The molecule has 1 aliphatic rings. The maximum Gasteiger partial charge on any atom is 0.221 e. The Hall–Kier alpha value is -4.26. The molecule has 5 aromatic rings. The van der Waals surface area contributed by atoms with E-state index in [-0.39, 0.29) is 38.0 Å². The van der Waals surface area contributed by atoms with Gasteiger partial charge in [0.2, 0.25) is 14.7 Å². The van der Waals surface area contributed by atoms with Crippen LogP contribution in [0.3, 0.4) is 0 Å². The van der Waals surface area contributed by atoms with Gasteiger partial charge < -0.3 is 24.2 Å². The van der Waals surface area contributed by atoms with E-state index in [1.165, 1.54) is 12.3 Å². The lowest BCUT2D eigenvalue weighted by Gasteiger charge is -2.52. The van der Waals surface area contributed by atoms with E-state index >= 15 is 0 Å². The van der Waals surface area contributed by atoms with Crippen molar-refractivity contribution in [3.8, 4) is 0 Å². The van der Waals surface area contributed by atoms with Crippen molar-refractivity contribution in [2.45, 2.75) is 54.6 Å². The van der Waals surface area contributed by atoms with E-state index in [4.69, 9.17) is 18.9 Å². The van der Waals surface area contributed by atoms with Crippen LogP contribution in [-0.4, -0.2) is 60.0 Å². The van der Waals surface area contributed by atoms with Crippen LogP contribution in [0.15, 0.2) is 151 Å². The smallest absolute Gasteiger partial charge is 0.221 e. The van der Waals surface area contributed by atoms with Crippen LogP contribution in [0, 0.1) is 0 Å². The minimum Gasteiger partial charge on any atom is -0.374 e.